The zero-order valence-corrected chi connectivity index (χ0v) is 14.6. The van der Waals surface area contributed by atoms with Gasteiger partial charge in [0.1, 0.15) is 6.61 Å². The van der Waals surface area contributed by atoms with Gasteiger partial charge in [-0.25, -0.2) is 0 Å². The molecular weight excluding hydrogens is 331 g/mol. The Bertz CT molecular complexity index is 837. The quantitative estimate of drug-likeness (QED) is 0.377. The first-order valence-electron chi connectivity index (χ1n) is 7.76. The monoisotopic (exact) mass is 350 g/mol. The Labute approximate surface area is 148 Å². The van der Waals surface area contributed by atoms with Crippen molar-refractivity contribution >= 4 is 17.8 Å². The van der Waals surface area contributed by atoms with E-state index in [1.807, 2.05) is 36.4 Å². The van der Waals surface area contributed by atoms with Crippen LogP contribution in [0.1, 0.15) is 0 Å². The third kappa shape index (κ3) is 4.70. The lowest BCUT2D eigenvalue weighted by atomic mass is 10.4. The maximum absolute atomic E-state index is 13.9. The summed E-state index contributed by atoms with van der Waals surface area (Å²) in [6.07, 6.45) is 4.74. The second-order valence-corrected chi connectivity index (χ2v) is 7.83. The molecule has 0 unspecified atom stereocenters. The zero-order valence-electron chi connectivity index (χ0n) is 13.7. The molecule has 0 fully saturated rings. The highest BCUT2D eigenvalue weighted by Gasteiger charge is 2.31. The van der Waals surface area contributed by atoms with Crippen LogP contribution in [0.5, 0.6) is 0 Å². The van der Waals surface area contributed by atoms with Gasteiger partial charge in [0.2, 0.25) is 0 Å². The van der Waals surface area contributed by atoms with Crippen LogP contribution < -0.4 is 10.6 Å². The van der Waals surface area contributed by atoms with E-state index in [-0.39, 0.29) is 13.2 Å². The van der Waals surface area contributed by atoms with Crippen molar-refractivity contribution in [2.75, 3.05) is 13.2 Å². The molecule has 2 rings (SSSR count). The Morgan fingerprint density at radius 3 is 2.00 bits per heavy atom. The Morgan fingerprint density at radius 1 is 0.960 bits per heavy atom. The van der Waals surface area contributed by atoms with Crippen LogP contribution in [0.2, 0.25) is 0 Å². The molecule has 0 radical (unpaired) electrons. The molecule has 0 bridgehead atoms. The van der Waals surface area contributed by atoms with Gasteiger partial charge < -0.3 is 14.8 Å². The second kappa shape index (κ2) is 9.64. The van der Waals surface area contributed by atoms with Crippen LogP contribution in [0.4, 0.5) is 0 Å². The van der Waals surface area contributed by atoms with Gasteiger partial charge in [0, 0.05) is 10.6 Å². The molecule has 0 aromatic heterocycles. The van der Waals surface area contributed by atoms with E-state index in [4.69, 9.17) is 5.11 Å². The molecule has 0 aliphatic rings. The summed E-state index contributed by atoms with van der Waals surface area (Å²) in [4.78, 5) is 0. The zero-order chi connectivity index (χ0) is 18.0. The van der Waals surface area contributed by atoms with Gasteiger partial charge in [-0.2, -0.15) is 0 Å². The highest BCUT2D eigenvalue weighted by atomic mass is 31.2. The molecule has 4 heteroatoms. The predicted molar refractivity (Wildman–Crippen MR) is 102 cm³/mol. The number of benzene rings is 2. The van der Waals surface area contributed by atoms with E-state index in [9.17, 15) is 9.67 Å². The van der Waals surface area contributed by atoms with Crippen LogP contribution in [0.15, 0.2) is 89.9 Å². The molecule has 25 heavy (non-hydrogen) atoms. The van der Waals surface area contributed by atoms with Gasteiger partial charge in [-0.15, -0.1) is 5.73 Å². The third-order valence-electron chi connectivity index (χ3n) is 3.48. The fourth-order valence-corrected chi connectivity index (χ4v) is 4.88. The fourth-order valence-electron chi connectivity index (χ4n) is 2.32. The van der Waals surface area contributed by atoms with E-state index in [2.05, 4.69) is 17.6 Å². The molecule has 0 heterocycles. The number of hydrogen-bond acceptors (Lipinski definition) is 3. The molecule has 2 aromatic carbocycles. The average molecular weight is 350 g/mol. The van der Waals surface area contributed by atoms with E-state index >= 15 is 0 Å². The lowest BCUT2D eigenvalue weighted by Crippen LogP contribution is -2.18. The van der Waals surface area contributed by atoms with Crippen LogP contribution in [-0.2, 0) is 4.57 Å². The van der Waals surface area contributed by atoms with Crippen LogP contribution in [0, 0.1) is 11.8 Å². The first kappa shape index (κ1) is 18.7. The molecule has 0 amide bonds. The number of hydrogen-bond donors (Lipinski definition) is 2. The van der Waals surface area contributed by atoms with Crippen LogP contribution in [0.3, 0.4) is 0 Å². The largest absolute Gasteiger partial charge is 0.391 e. The highest BCUT2D eigenvalue weighted by Crippen LogP contribution is 2.50. The Hall–Kier alpha value is -2.59. The van der Waals surface area contributed by atoms with Crippen molar-refractivity contribution in [1.82, 2.24) is 0 Å². The summed E-state index contributed by atoms with van der Waals surface area (Å²) in [5.41, 5.74) is 2.95. The molecule has 0 aliphatic carbocycles. The van der Waals surface area contributed by atoms with E-state index < -0.39 is 7.14 Å². The van der Waals surface area contributed by atoms with Crippen LogP contribution in [0.25, 0.3) is 0 Å². The summed E-state index contributed by atoms with van der Waals surface area (Å²) in [5, 5.41) is 20.1. The Balaban J connectivity index is 2.57. The molecule has 126 valence electrons. The predicted octanol–water partition coefficient (Wildman–Crippen LogP) is 2.58. The molecule has 2 N–H and O–H groups in total. The molecule has 0 spiro atoms. The number of allylic oxidation sites excluding steroid dienone is 2. The minimum Gasteiger partial charge on any atom is -0.391 e. The number of aliphatic hydroxyl groups is 2. The minimum atomic E-state index is -3.18. The van der Waals surface area contributed by atoms with Crippen LogP contribution in [-0.4, -0.2) is 23.4 Å². The normalized spacial score (nSPS) is 10.6. The van der Waals surface area contributed by atoms with E-state index in [0.29, 0.717) is 15.9 Å². The smallest absolute Gasteiger partial charge is 0.176 e. The van der Waals surface area contributed by atoms with Gasteiger partial charge in [-0.3, -0.25) is 0 Å². The minimum absolute atomic E-state index is 0.205. The van der Waals surface area contributed by atoms with Gasteiger partial charge in [0.15, 0.2) is 7.14 Å². The van der Waals surface area contributed by atoms with Crippen LogP contribution >= 0.6 is 7.14 Å². The lowest BCUT2D eigenvalue weighted by Gasteiger charge is -2.20. The highest BCUT2D eigenvalue weighted by molar-refractivity contribution is 7.82. The van der Waals surface area contributed by atoms with Gasteiger partial charge in [-0.05, 0) is 18.2 Å². The Kier molecular flexibility index (Phi) is 7.23. The molecule has 0 saturated carbocycles. The van der Waals surface area contributed by atoms with E-state index in [1.54, 1.807) is 42.5 Å². The topological polar surface area (TPSA) is 57.5 Å². The summed E-state index contributed by atoms with van der Waals surface area (Å²) in [7, 11) is -3.18. The van der Waals surface area contributed by atoms with E-state index in [0.717, 1.165) is 0 Å². The maximum Gasteiger partial charge on any atom is 0.176 e. The number of rotatable bonds is 5. The first-order valence-corrected chi connectivity index (χ1v) is 9.47. The standard InChI is InChI=1S/C21H19O3P/c22-17-11-3-1-2-6-16-21(18-23)25(24,19-12-7-4-8-13-19)20-14-9-5-10-15-20/h1-2,4-10,12-15,22-23H,17-18H2/b2-1+. The van der Waals surface area contributed by atoms with Crippen molar-refractivity contribution in [2.45, 2.75) is 0 Å². The molecule has 0 atom stereocenters. The van der Waals surface area contributed by atoms with Gasteiger partial charge in [-0.1, -0.05) is 72.5 Å². The second-order valence-electron chi connectivity index (χ2n) is 5.03. The lowest BCUT2D eigenvalue weighted by molar-refractivity contribution is 0.338. The number of aliphatic hydroxyl groups excluding tert-OH is 2. The van der Waals surface area contributed by atoms with Crippen molar-refractivity contribution < 1.29 is 14.8 Å². The van der Waals surface area contributed by atoms with Crippen molar-refractivity contribution in [3.05, 3.63) is 89.9 Å². The molecule has 0 saturated heterocycles. The maximum atomic E-state index is 13.9. The third-order valence-corrected chi connectivity index (χ3v) is 6.56. The van der Waals surface area contributed by atoms with Crippen molar-refractivity contribution in [3.63, 3.8) is 0 Å². The van der Waals surface area contributed by atoms with Crippen molar-refractivity contribution in [1.29, 1.82) is 0 Å². The molecule has 2 aromatic rings. The summed E-state index contributed by atoms with van der Waals surface area (Å²) in [6.45, 7) is -0.573. The van der Waals surface area contributed by atoms with Gasteiger partial charge >= 0.3 is 0 Å². The first-order chi connectivity index (χ1) is 12.2. The average Bonchev–Trinajstić information content (AvgIpc) is 2.68. The van der Waals surface area contributed by atoms with Gasteiger partial charge in [0.05, 0.1) is 11.9 Å². The van der Waals surface area contributed by atoms with Crippen molar-refractivity contribution in [2.24, 2.45) is 0 Å². The summed E-state index contributed by atoms with van der Waals surface area (Å²) >= 11 is 0. The van der Waals surface area contributed by atoms with Gasteiger partial charge in [0.25, 0.3) is 0 Å². The summed E-state index contributed by atoms with van der Waals surface area (Å²) in [6, 6.07) is 18.2. The Morgan fingerprint density at radius 2 is 1.52 bits per heavy atom. The van der Waals surface area contributed by atoms with E-state index in [1.165, 1.54) is 0 Å². The summed E-state index contributed by atoms with van der Waals surface area (Å²) in [5.74, 6) is 5.13. The molecule has 0 aliphatic heterocycles. The summed E-state index contributed by atoms with van der Waals surface area (Å²) < 4.78 is 13.9. The SMILES string of the molecule is O=P(C(=C=C/C=C/C#CCO)CO)(c1ccccc1)c1ccccc1. The molecular formula is C21H19O3P. The molecule has 3 nitrogen and oxygen atoms in total. The fraction of sp³-hybridized carbons (Fsp3) is 0.0952. The van der Waals surface area contributed by atoms with Crippen molar-refractivity contribution in [3.8, 4) is 11.8 Å².